The Kier molecular flexibility index (Phi) is 6.29. The van der Waals surface area contributed by atoms with Crippen LogP contribution in [0.1, 0.15) is 30.4 Å². The first-order valence-electron chi connectivity index (χ1n) is 7.40. The zero-order chi connectivity index (χ0) is 15.1. The number of nitrogens with zero attached hydrogens (tertiary/aromatic N) is 2. The van der Waals surface area contributed by atoms with Crippen molar-refractivity contribution in [3.05, 3.63) is 34.3 Å². The molecule has 0 bridgehead atoms. The van der Waals surface area contributed by atoms with E-state index in [-0.39, 0.29) is 5.84 Å². The van der Waals surface area contributed by atoms with E-state index in [0.717, 1.165) is 25.1 Å². The van der Waals surface area contributed by atoms with Gasteiger partial charge in [0, 0.05) is 17.1 Å². The van der Waals surface area contributed by atoms with Crippen LogP contribution in [0.5, 0.6) is 0 Å². The van der Waals surface area contributed by atoms with E-state index >= 15 is 0 Å². The number of benzene rings is 1. The molecule has 0 spiro atoms. The minimum absolute atomic E-state index is 0.0713. The summed E-state index contributed by atoms with van der Waals surface area (Å²) < 4.78 is 0. The van der Waals surface area contributed by atoms with Crippen molar-refractivity contribution in [3.63, 3.8) is 0 Å². The third kappa shape index (κ3) is 4.88. The van der Waals surface area contributed by atoms with Gasteiger partial charge >= 0.3 is 0 Å². The minimum Gasteiger partial charge on any atom is -0.409 e. The van der Waals surface area contributed by atoms with Crippen molar-refractivity contribution in [2.24, 2.45) is 10.9 Å². The van der Waals surface area contributed by atoms with Gasteiger partial charge in [-0.2, -0.15) is 0 Å². The largest absolute Gasteiger partial charge is 0.409 e. The van der Waals surface area contributed by atoms with Crippen LogP contribution >= 0.6 is 11.6 Å². The van der Waals surface area contributed by atoms with Gasteiger partial charge < -0.3 is 21.2 Å². The molecular weight excluding hydrogens is 288 g/mol. The van der Waals surface area contributed by atoms with E-state index in [1.54, 1.807) is 6.07 Å². The lowest BCUT2D eigenvalue weighted by atomic mass is 10.1. The van der Waals surface area contributed by atoms with Crippen LogP contribution in [0.25, 0.3) is 0 Å². The molecule has 4 N–H and O–H groups in total. The fraction of sp³-hybridized carbons (Fsp3) is 0.533. The summed E-state index contributed by atoms with van der Waals surface area (Å²) in [6.45, 7) is 5.38. The molecule has 6 heteroatoms. The Balaban J connectivity index is 1.72. The van der Waals surface area contributed by atoms with Gasteiger partial charge in [0.2, 0.25) is 0 Å². The highest BCUT2D eigenvalue weighted by Crippen LogP contribution is 2.17. The molecule has 0 amide bonds. The van der Waals surface area contributed by atoms with Crippen molar-refractivity contribution < 1.29 is 5.21 Å². The average Bonchev–Trinajstić information content (AvgIpc) is 3.00. The molecule has 0 atom stereocenters. The van der Waals surface area contributed by atoms with Gasteiger partial charge in [0.05, 0.1) is 0 Å². The summed E-state index contributed by atoms with van der Waals surface area (Å²) in [4.78, 5) is 2.51. The second-order valence-corrected chi connectivity index (χ2v) is 5.78. The number of hydrogen-bond acceptors (Lipinski definition) is 4. The number of nitrogens with two attached hydrogens (primary N) is 1. The topological polar surface area (TPSA) is 73.9 Å². The van der Waals surface area contributed by atoms with Crippen LogP contribution in [0, 0.1) is 0 Å². The summed E-state index contributed by atoms with van der Waals surface area (Å²) in [7, 11) is 0. The Morgan fingerprint density at radius 2 is 2.14 bits per heavy atom. The molecule has 116 valence electrons. The standard InChI is InChI=1S/C15H23ClN4O/c16-14-10-12(15(17)19-21)4-5-13(14)11-18-6-3-9-20-7-1-2-8-20/h4-5,10,18,21H,1-3,6-9,11H2,(H2,17,19). The Labute approximate surface area is 130 Å². The molecular formula is C15H23ClN4O. The summed E-state index contributed by atoms with van der Waals surface area (Å²) in [5.74, 6) is 0.0713. The summed E-state index contributed by atoms with van der Waals surface area (Å²) in [6, 6.07) is 5.43. The van der Waals surface area contributed by atoms with Crippen molar-refractivity contribution in [1.82, 2.24) is 10.2 Å². The first-order chi connectivity index (χ1) is 10.2. The van der Waals surface area contributed by atoms with Gasteiger partial charge in [-0.3, -0.25) is 0 Å². The Morgan fingerprint density at radius 3 is 2.81 bits per heavy atom. The first-order valence-corrected chi connectivity index (χ1v) is 7.78. The van der Waals surface area contributed by atoms with Crippen LogP contribution in [-0.2, 0) is 6.54 Å². The van der Waals surface area contributed by atoms with Gasteiger partial charge in [0.15, 0.2) is 5.84 Å². The maximum absolute atomic E-state index is 8.64. The van der Waals surface area contributed by atoms with Crippen LogP contribution in [0.3, 0.4) is 0 Å². The number of oxime groups is 1. The molecule has 5 nitrogen and oxygen atoms in total. The molecule has 0 radical (unpaired) electrons. The van der Waals surface area contributed by atoms with E-state index in [4.69, 9.17) is 22.5 Å². The van der Waals surface area contributed by atoms with Crippen LogP contribution in [0.4, 0.5) is 0 Å². The van der Waals surface area contributed by atoms with Gasteiger partial charge in [-0.1, -0.05) is 28.9 Å². The molecule has 1 aliphatic heterocycles. The van der Waals surface area contributed by atoms with Crippen molar-refractivity contribution in [2.45, 2.75) is 25.8 Å². The van der Waals surface area contributed by atoms with Crippen molar-refractivity contribution >= 4 is 17.4 Å². The fourth-order valence-electron chi connectivity index (χ4n) is 2.56. The molecule has 2 rings (SSSR count). The lowest BCUT2D eigenvalue weighted by Crippen LogP contribution is -2.24. The molecule has 1 aromatic carbocycles. The molecule has 0 unspecified atom stereocenters. The second-order valence-electron chi connectivity index (χ2n) is 5.37. The predicted molar refractivity (Wildman–Crippen MR) is 86.0 cm³/mol. The zero-order valence-electron chi connectivity index (χ0n) is 12.2. The van der Waals surface area contributed by atoms with E-state index in [1.807, 2.05) is 12.1 Å². The van der Waals surface area contributed by atoms with E-state index in [1.165, 1.54) is 32.5 Å². The van der Waals surface area contributed by atoms with Crippen LogP contribution in [0.15, 0.2) is 23.4 Å². The number of nitrogens with one attached hydrogen (secondary N) is 1. The van der Waals surface area contributed by atoms with Gasteiger partial charge in [0.25, 0.3) is 0 Å². The SMILES string of the molecule is N/C(=N/O)c1ccc(CNCCCN2CCCC2)c(Cl)c1. The minimum atomic E-state index is 0.0713. The molecule has 1 aromatic rings. The summed E-state index contributed by atoms with van der Waals surface area (Å²) in [5, 5.41) is 15.6. The summed E-state index contributed by atoms with van der Waals surface area (Å²) in [5.41, 5.74) is 7.18. The number of hydrogen-bond donors (Lipinski definition) is 3. The van der Waals surface area contributed by atoms with Crippen LogP contribution < -0.4 is 11.1 Å². The number of rotatable bonds is 7. The lowest BCUT2D eigenvalue weighted by Gasteiger charge is -2.14. The third-order valence-electron chi connectivity index (χ3n) is 3.80. The molecule has 1 saturated heterocycles. The Morgan fingerprint density at radius 1 is 1.38 bits per heavy atom. The Hall–Kier alpha value is -1.30. The monoisotopic (exact) mass is 310 g/mol. The summed E-state index contributed by atoms with van der Waals surface area (Å²) in [6.07, 6.45) is 3.84. The normalized spacial score (nSPS) is 16.5. The van der Waals surface area contributed by atoms with E-state index < -0.39 is 0 Å². The van der Waals surface area contributed by atoms with Crippen LogP contribution in [-0.4, -0.2) is 42.1 Å². The van der Waals surface area contributed by atoms with E-state index in [9.17, 15) is 0 Å². The highest BCUT2D eigenvalue weighted by atomic mass is 35.5. The average molecular weight is 311 g/mol. The van der Waals surface area contributed by atoms with Gasteiger partial charge in [-0.15, -0.1) is 0 Å². The molecule has 0 saturated carbocycles. The van der Waals surface area contributed by atoms with E-state index in [2.05, 4.69) is 15.4 Å². The molecule has 21 heavy (non-hydrogen) atoms. The molecule has 1 fully saturated rings. The van der Waals surface area contributed by atoms with Crippen molar-refractivity contribution in [1.29, 1.82) is 0 Å². The van der Waals surface area contributed by atoms with Crippen molar-refractivity contribution in [2.75, 3.05) is 26.2 Å². The van der Waals surface area contributed by atoms with Gasteiger partial charge in [0.1, 0.15) is 0 Å². The highest BCUT2D eigenvalue weighted by Gasteiger charge is 2.10. The quantitative estimate of drug-likeness (QED) is 0.237. The van der Waals surface area contributed by atoms with Gasteiger partial charge in [-0.05, 0) is 57.1 Å². The first kappa shape index (κ1) is 16.1. The maximum Gasteiger partial charge on any atom is 0.170 e. The Bertz CT molecular complexity index is 487. The predicted octanol–water partition coefficient (Wildman–Crippen LogP) is 2.01. The number of halogens is 1. The number of amidine groups is 1. The molecule has 0 aliphatic carbocycles. The van der Waals surface area contributed by atoms with E-state index in [0.29, 0.717) is 10.6 Å². The fourth-order valence-corrected chi connectivity index (χ4v) is 2.81. The zero-order valence-corrected chi connectivity index (χ0v) is 12.9. The molecule has 1 heterocycles. The second kappa shape index (κ2) is 8.22. The number of likely N-dealkylation sites (tertiary alicyclic amines) is 1. The maximum atomic E-state index is 8.64. The third-order valence-corrected chi connectivity index (χ3v) is 4.15. The smallest absolute Gasteiger partial charge is 0.170 e. The van der Waals surface area contributed by atoms with Crippen molar-refractivity contribution in [3.8, 4) is 0 Å². The lowest BCUT2D eigenvalue weighted by molar-refractivity contribution is 0.318. The molecule has 0 aromatic heterocycles. The highest BCUT2D eigenvalue weighted by molar-refractivity contribution is 6.31. The van der Waals surface area contributed by atoms with Crippen LogP contribution in [0.2, 0.25) is 5.02 Å². The summed E-state index contributed by atoms with van der Waals surface area (Å²) >= 11 is 6.21. The molecule has 1 aliphatic rings. The van der Waals surface area contributed by atoms with Gasteiger partial charge in [-0.25, -0.2) is 0 Å².